The fourth-order valence-corrected chi connectivity index (χ4v) is 2.77. The van der Waals surface area contributed by atoms with Crippen molar-refractivity contribution in [3.05, 3.63) is 52.3 Å². The Morgan fingerprint density at radius 3 is 3.00 bits per heavy atom. The van der Waals surface area contributed by atoms with Gasteiger partial charge in [0.25, 0.3) is 0 Å². The fourth-order valence-electron chi connectivity index (χ4n) is 2.06. The van der Waals surface area contributed by atoms with Crippen molar-refractivity contribution in [1.82, 2.24) is 10.5 Å². The van der Waals surface area contributed by atoms with E-state index in [1.807, 2.05) is 35.7 Å². The van der Waals surface area contributed by atoms with Crippen LogP contribution >= 0.6 is 11.3 Å². The van der Waals surface area contributed by atoms with Crippen LogP contribution in [0.1, 0.15) is 10.6 Å². The molecule has 0 saturated heterocycles. The minimum Gasteiger partial charge on any atom is -0.356 e. The third-order valence-electron chi connectivity index (χ3n) is 3.05. The van der Waals surface area contributed by atoms with Crippen LogP contribution in [0.3, 0.4) is 0 Å². The van der Waals surface area contributed by atoms with E-state index in [0.717, 1.165) is 11.8 Å². The summed E-state index contributed by atoms with van der Waals surface area (Å²) in [6.45, 7) is 0.648. The molecule has 2 aromatic heterocycles. The van der Waals surface area contributed by atoms with E-state index in [9.17, 15) is 4.79 Å². The lowest BCUT2D eigenvalue weighted by Gasteiger charge is -2.02. The van der Waals surface area contributed by atoms with Crippen LogP contribution in [0.15, 0.2) is 46.3 Å². The highest BCUT2D eigenvalue weighted by molar-refractivity contribution is 7.09. The van der Waals surface area contributed by atoms with E-state index < -0.39 is 0 Å². The van der Waals surface area contributed by atoms with Gasteiger partial charge in [-0.05, 0) is 30.0 Å². The zero-order valence-corrected chi connectivity index (χ0v) is 11.7. The van der Waals surface area contributed by atoms with E-state index in [0.29, 0.717) is 17.8 Å². The Labute approximate surface area is 120 Å². The standard InChI is InChI=1S/C15H14N2O2S/c18-15(16-8-7-11-4-3-9-20-11)10-13-12-5-1-2-6-14(12)19-17-13/h1-6,9H,7-8,10H2,(H,16,18). The number of thiophene rings is 1. The van der Waals surface area contributed by atoms with Gasteiger partial charge in [-0.25, -0.2) is 0 Å². The fraction of sp³-hybridized carbons (Fsp3) is 0.200. The minimum absolute atomic E-state index is 0.0272. The molecule has 0 spiro atoms. The second-order valence-electron chi connectivity index (χ2n) is 4.48. The molecule has 0 radical (unpaired) electrons. The number of carbonyl (C=O) groups is 1. The summed E-state index contributed by atoms with van der Waals surface area (Å²) in [5.74, 6) is -0.0272. The average Bonchev–Trinajstić information content (AvgIpc) is 3.09. The van der Waals surface area contributed by atoms with Gasteiger partial charge in [0, 0.05) is 16.8 Å². The van der Waals surface area contributed by atoms with E-state index in [1.54, 1.807) is 11.3 Å². The lowest BCUT2D eigenvalue weighted by molar-refractivity contribution is -0.120. The van der Waals surface area contributed by atoms with Crippen LogP contribution in [0.4, 0.5) is 0 Å². The topological polar surface area (TPSA) is 55.1 Å². The smallest absolute Gasteiger partial charge is 0.226 e. The molecule has 2 heterocycles. The maximum atomic E-state index is 11.9. The summed E-state index contributed by atoms with van der Waals surface area (Å²) < 4.78 is 5.18. The van der Waals surface area contributed by atoms with Gasteiger partial charge < -0.3 is 9.84 Å². The van der Waals surface area contributed by atoms with Crippen molar-refractivity contribution in [3.8, 4) is 0 Å². The summed E-state index contributed by atoms with van der Waals surface area (Å²) >= 11 is 1.70. The van der Waals surface area contributed by atoms with E-state index >= 15 is 0 Å². The predicted octanol–water partition coefficient (Wildman–Crippen LogP) is 2.79. The van der Waals surface area contributed by atoms with Crippen LogP contribution in [0.25, 0.3) is 11.0 Å². The van der Waals surface area contributed by atoms with Gasteiger partial charge in [-0.1, -0.05) is 23.4 Å². The summed E-state index contributed by atoms with van der Waals surface area (Å²) in [5.41, 5.74) is 1.41. The molecule has 0 unspecified atom stereocenters. The Morgan fingerprint density at radius 1 is 1.25 bits per heavy atom. The molecule has 4 nitrogen and oxygen atoms in total. The molecule has 0 aliphatic heterocycles. The summed E-state index contributed by atoms with van der Waals surface area (Å²) in [4.78, 5) is 13.2. The molecule has 1 N–H and O–H groups in total. The molecule has 3 rings (SSSR count). The van der Waals surface area contributed by atoms with Gasteiger partial charge in [-0.3, -0.25) is 4.79 Å². The Bertz CT molecular complexity index is 704. The molecule has 0 atom stereocenters. The number of amides is 1. The van der Waals surface area contributed by atoms with E-state index in [-0.39, 0.29) is 12.3 Å². The van der Waals surface area contributed by atoms with E-state index in [2.05, 4.69) is 16.5 Å². The molecular formula is C15H14N2O2S. The first-order valence-corrected chi connectivity index (χ1v) is 7.33. The molecule has 102 valence electrons. The number of para-hydroxylation sites is 1. The number of nitrogens with zero attached hydrogens (tertiary/aromatic N) is 1. The summed E-state index contributed by atoms with van der Waals surface area (Å²) in [7, 11) is 0. The maximum Gasteiger partial charge on any atom is 0.226 e. The van der Waals surface area contributed by atoms with Crippen LogP contribution in [-0.2, 0) is 17.6 Å². The average molecular weight is 286 g/mol. The quantitative estimate of drug-likeness (QED) is 0.784. The highest BCUT2D eigenvalue weighted by Crippen LogP contribution is 2.17. The second kappa shape index (κ2) is 5.88. The summed E-state index contributed by atoms with van der Waals surface area (Å²) in [5, 5.41) is 9.81. The van der Waals surface area contributed by atoms with Gasteiger partial charge in [0.15, 0.2) is 5.58 Å². The van der Waals surface area contributed by atoms with Gasteiger partial charge in [0.05, 0.1) is 6.42 Å². The minimum atomic E-state index is -0.0272. The van der Waals surface area contributed by atoms with Gasteiger partial charge in [0.1, 0.15) is 5.69 Å². The van der Waals surface area contributed by atoms with Crippen molar-refractivity contribution < 1.29 is 9.32 Å². The largest absolute Gasteiger partial charge is 0.356 e. The monoisotopic (exact) mass is 286 g/mol. The first-order valence-electron chi connectivity index (χ1n) is 6.45. The van der Waals surface area contributed by atoms with Crippen molar-refractivity contribution in [2.75, 3.05) is 6.54 Å². The molecule has 0 fully saturated rings. The van der Waals surface area contributed by atoms with Gasteiger partial charge >= 0.3 is 0 Å². The van der Waals surface area contributed by atoms with Crippen LogP contribution in [0.5, 0.6) is 0 Å². The number of carbonyl (C=O) groups excluding carboxylic acids is 1. The number of benzene rings is 1. The third-order valence-corrected chi connectivity index (χ3v) is 3.99. The van der Waals surface area contributed by atoms with Crippen LogP contribution in [-0.4, -0.2) is 17.6 Å². The molecule has 0 aliphatic carbocycles. The first-order chi connectivity index (χ1) is 9.83. The van der Waals surface area contributed by atoms with E-state index in [1.165, 1.54) is 4.88 Å². The maximum absolute atomic E-state index is 11.9. The molecule has 0 saturated carbocycles. The van der Waals surface area contributed by atoms with Gasteiger partial charge in [0.2, 0.25) is 5.91 Å². The normalized spacial score (nSPS) is 10.8. The number of aromatic nitrogens is 1. The van der Waals surface area contributed by atoms with Crippen molar-refractivity contribution in [3.63, 3.8) is 0 Å². The summed E-state index contributed by atoms with van der Waals surface area (Å²) in [6, 6.07) is 11.7. The summed E-state index contributed by atoms with van der Waals surface area (Å²) in [6.07, 6.45) is 1.12. The second-order valence-corrected chi connectivity index (χ2v) is 5.51. The van der Waals surface area contributed by atoms with Crippen molar-refractivity contribution in [1.29, 1.82) is 0 Å². The van der Waals surface area contributed by atoms with Crippen LogP contribution < -0.4 is 5.32 Å². The highest BCUT2D eigenvalue weighted by Gasteiger charge is 2.11. The van der Waals surface area contributed by atoms with E-state index in [4.69, 9.17) is 4.52 Å². The Kier molecular flexibility index (Phi) is 3.78. The predicted molar refractivity (Wildman–Crippen MR) is 78.7 cm³/mol. The zero-order chi connectivity index (χ0) is 13.8. The lowest BCUT2D eigenvalue weighted by atomic mass is 10.1. The molecule has 20 heavy (non-hydrogen) atoms. The number of fused-ring (bicyclic) bond motifs is 1. The number of hydrogen-bond acceptors (Lipinski definition) is 4. The van der Waals surface area contributed by atoms with Crippen molar-refractivity contribution in [2.45, 2.75) is 12.8 Å². The van der Waals surface area contributed by atoms with Crippen LogP contribution in [0, 0.1) is 0 Å². The lowest BCUT2D eigenvalue weighted by Crippen LogP contribution is -2.27. The molecule has 0 aliphatic rings. The third kappa shape index (κ3) is 2.88. The number of rotatable bonds is 5. The van der Waals surface area contributed by atoms with Gasteiger partial charge in [-0.15, -0.1) is 11.3 Å². The molecule has 0 bridgehead atoms. The number of nitrogens with one attached hydrogen (secondary N) is 1. The van der Waals surface area contributed by atoms with Crippen LogP contribution in [0.2, 0.25) is 0 Å². The Morgan fingerprint density at radius 2 is 2.15 bits per heavy atom. The molecular weight excluding hydrogens is 272 g/mol. The zero-order valence-electron chi connectivity index (χ0n) is 10.8. The Balaban J connectivity index is 1.56. The molecule has 3 aromatic rings. The number of hydrogen-bond donors (Lipinski definition) is 1. The van der Waals surface area contributed by atoms with Gasteiger partial charge in [-0.2, -0.15) is 0 Å². The molecule has 1 aromatic carbocycles. The van der Waals surface area contributed by atoms with Crippen molar-refractivity contribution >= 4 is 28.2 Å². The SMILES string of the molecule is O=C(Cc1noc2ccccc12)NCCc1cccs1. The molecule has 1 amide bonds. The molecule has 5 heteroatoms. The Hall–Kier alpha value is -2.14. The van der Waals surface area contributed by atoms with Crippen molar-refractivity contribution in [2.24, 2.45) is 0 Å². The first kappa shape index (κ1) is 12.9. The highest BCUT2D eigenvalue weighted by atomic mass is 32.1.